The van der Waals surface area contributed by atoms with Crippen molar-refractivity contribution in [2.45, 2.75) is 26.7 Å². The smallest absolute Gasteiger partial charge is 0.309 e. The number of hydrogen-bond acceptors (Lipinski definition) is 4. The number of rotatable bonds is 6. The number of hydrogen-bond donors (Lipinski definition) is 1. The predicted octanol–water partition coefficient (Wildman–Crippen LogP) is 3.50. The van der Waals surface area contributed by atoms with Crippen LogP contribution in [-0.2, 0) is 9.53 Å². The van der Waals surface area contributed by atoms with Crippen molar-refractivity contribution in [1.82, 2.24) is 0 Å². The van der Waals surface area contributed by atoms with E-state index in [1.807, 2.05) is 6.92 Å². The second-order valence-electron chi connectivity index (χ2n) is 4.11. The standard InChI is InChI=1S/C14H18ClNO3/c1-3-10(14(17)19-4-2)9-13(16-18)11-5-7-12(15)8-6-11/h5-8,10,18H,3-4,9H2,1-2H3/b16-13-. The Labute approximate surface area is 118 Å². The van der Waals surface area contributed by atoms with Gasteiger partial charge in [-0.15, -0.1) is 0 Å². The molecule has 0 saturated heterocycles. The largest absolute Gasteiger partial charge is 0.466 e. The first-order valence-corrected chi connectivity index (χ1v) is 6.63. The van der Waals surface area contributed by atoms with Crippen LogP contribution >= 0.6 is 11.6 Å². The van der Waals surface area contributed by atoms with E-state index in [4.69, 9.17) is 21.5 Å². The lowest BCUT2D eigenvalue weighted by molar-refractivity contribution is -0.147. The summed E-state index contributed by atoms with van der Waals surface area (Å²) in [7, 11) is 0. The number of ether oxygens (including phenoxy) is 1. The van der Waals surface area contributed by atoms with Gasteiger partial charge in [-0.1, -0.05) is 35.8 Å². The molecule has 1 atom stereocenters. The fraction of sp³-hybridized carbons (Fsp3) is 0.429. The van der Waals surface area contributed by atoms with Crippen molar-refractivity contribution in [2.24, 2.45) is 11.1 Å². The summed E-state index contributed by atoms with van der Waals surface area (Å²) >= 11 is 5.81. The molecule has 0 spiro atoms. The lowest BCUT2D eigenvalue weighted by Crippen LogP contribution is -2.21. The molecule has 0 aliphatic carbocycles. The van der Waals surface area contributed by atoms with Gasteiger partial charge in [-0.3, -0.25) is 4.79 Å². The molecule has 5 heteroatoms. The molecule has 1 rings (SSSR count). The molecule has 1 unspecified atom stereocenters. The highest BCUT2D eigenvalue weighted by Gasteiger charge is 2.21. The zero-order valence-corrected chi connectivity index (χ0v) is 11.9. The van der Waals surface area contributed by atoms with Crippen LogP contribution in [-0.4, -0.2) is 23.5 Å². The monoisotopic (exact) mass is 283 g/mol. The molecule has 0 fully saturated rings. The zero-order chi connectivity index (χ0) is 14.3. The maximum absolute atomic E-state index is 11.7. The predicted molar refractivity (Wildman–Crippen MR) is 74.8 cm³/mol. The molecule has 1 aromatic carbocycles. The van der Waals surface area contributed by atoms with Crippen LogP contribution in [0.2, 0.25) is 5.02 Å². The second-order valence-corrected chi connectivity index (χ2v) is 4.55. The molecule has 0 heterocycles. The number of nitrogens with zero attached hydrogens (tertiary/aromatic N) is 1. The molecule has 19 heavy (non-hydrogen) atoms. The lowest BCUT2D eigenvalue weighted by atomic mass is 9.95. The summed E-state index contributed by atoms with van der Waals surface area (Å²) < 4.78 is 5.00. The maximum atomic E-state index is 11.7. The Morgan fingerprint density at radius 1 is 1.37 bits per heavy atom. The van der Waals surface area contributed by atoms with E-state index in [0.717, 1.165) is 5.56 Å². The highest BCUT2D eigenvalue weighted by Crippen LogP contribution is 2.17. The van der Waals surface area contributed by atoms with Gasteiger partial charge in [0.2, 0.25) is 0 Å². The number of esters is 1. The molecule has 0 bridgehead atoms. The van der Waals surface area contributed by atoms with E-state index in [0.29, 0.717) is 30.2 Å². The van der Waals surface area contributed by atoms with E-state index >= 15 is 0 Å². The molecular formula is C14H18ClNO3. The fourth-order valence-corrected chi connectivity index (χ4v) is 1.87. The van der Waals surface area contributed by atoms with Gasteiger partial charge < -0.3 is 9.94 Å². The fourth-order valence-electron chi connectivity index (χ4n) is 1.75. The summed E-state index contributed by atoms with van der Waals surface area (Å²) in [6, 6.07) is 6.95. The molecule has 0 saturated carbocycles. The first kappa shape index (κ1) is 15.5. The average Bonchev–Trinajstić information content (AvgIpc) is 2.42. The summed E-state index contributed by atoms with van der Waals surface area (Å²) in [5, 5.41) is 13.0. The van der Waals surface area contributed by atoms with Crippen molar-refractivity contribution >= 4 is 23.3 Å². The lowest BCUT2D eigenvalue weighted by Gasteiger charge is -2.14. The van der Waals surface area contributed by atoms with Gasteiger partial charge in [0.25, 0.3) is 0 Å². The topological polar surface area (TPSA) is 58.9 Å². The Kier molecular flexibility index (Phi) is 6.36. The first-order chi connectivity index (χ1) is 9.12. The van der Waals surface area contributed by atoms with Gasteiger partial charge in [0, 0.05) is 11.4 Å². The van der Waals surface area contributed by atoms with Gasteiger partial charge >= 0.3 is 5.97 Å². The first-order valence-electron chi connectivity index (χ1n) is 6.25. The highest BCUT2D eigenvalue weighted by molar-refractivity contribution is 6.30. The van der Waals surface area contributed by atoms with E-state index in [9.17, 15) is 4.79 Å². The molecule has 1 N–H and O–H groups in total. The molecule has 0 amide bonds. The minimum Gasteiger partial charge on any atom is -0.466 e. The van der Waals surface area contributed by atoms with Gasteiger partial charge in [-0.2, -0.15) is 0 Å². The quantitative estimate of drug-likeness (QED) is 0.376. The minimum absolute atomic E-state index is 0.264. The van der Waals surface area contributed by atoms with Crippen LogP contribution in [0.1, 0.15) is 32.3 Å². The third kappa shape index (κ3) is 4.56. The van der Waals surface area contributed by atoms with Crippen molar-refractivity contribution in [2.75, 3.05) is 6.61 Å². The van der Waals surface area contributed by atoms with E-state index in [2.05, 4.69) is 5.16 Å². The Morgan fingerprint density at radius 2 is 2.00 bits per heavy atom. The summed E-state index contributed by atoms with van der Waals surface area (Å²) in [5.74, 6) is -0.568. The van der Waals surface area contributed by atoms with Crippen molar-refractivity contribution in [3.8, 4) is 0 Å². The van der Waals surface area contributed by atoms with E-state index in [-0.39, 0.29) is 11.9 Å². The summed E-state index contributed by atoms with van der Waals surface area (Å²) in [4.78, 5) is 11.7. The van der Waals surface area contributed by atoms with Crippen LogP contribution in [0.15, 0.2) is 29.4 Å². The van der Waals surface area contributed by atoms with Gasteiger partial charge in [0.1, 0.15) is 0 Å². The van der Waals surface area contributed by atoms with E-state index < -0.39 is 0 Å². The summed E-state index contributed by atoms with van der Waals surface area (Å²) in [6.45, 7) is 4.02. The maximum Gasteiger partial charge on any atom is 0.309 e. The van der Waals surface area contributed by atoms with E-state index in [1.165, 1.54) is 0 Å². The second kappa shape index (κ2) is 7.79. The molecular weight excluding hydrogens is 266 g/mol. The molecule has 0 aliphatic heterocycles. The minimum atomic E-state index is -0.304. The molecule has 1 aromatic rings. The SMILES string of the molecule is CCOC(=O)C(CC)C/C(=N/O)c1ccc(Cl)cc1. The van der Waals surface area contributed by atoms with Gasteiger partial charge in [-0.05, 0) is 31.0 Å². The van der Waals surface area contributed by atoms with Crippen molar-refractivity contribution in [1.29, 1.82) is 0 Å². The Bertz CT molecular complexity index is 443. The number of carbonyl (C=O) groups is 1. The number of carbonyl (C=O) groups excluding carboxylic acids is 1. The van der Waals surface area contributed by atoms with Crippen LogP contribution in [0.25, 0.3) is 0 Å². The molecule has 0 aromatic heterocycles. The zero-order valence-electron chi connectivity index (χ0n) is 11.1. The summed E-state index contributed by atoms with van der Waals surface area (Å²) in [5.41, 5.74) is 1.20. The Morgan fingerprint density at radius 3 is 2.47 bits per heavy atom. The molecule has 0 aliphatic rings. The van der Waals surface area contributed by atoms with Crippen molar-refractivity contribution < 1.29 is 14.7 Å². The number of halogens is 1. The third-order valence-corrected chi connectivity index (χ3v) is 3.10. The van der Waals surface area contributed by atoms with Crippen molar-refractivity contribution in [3.63, 3.8) is 0 Å². The Hall–Kier alpha value is -1.55. The molecule has 4 nitrogen and oxygen atoms in total. The van der Waals surface area contributed by atoms with Crippen LogP contribution in [0.3, 0.4) is 0 Å². The van der Waals surface area contributed by atoms with Crippen LogP contribution in [0.5, 0.6) is 0 Å². The Balaban J connectivity index is 2.81. The van der Waals surface area contributed by atoms with E-state index in [1.54, 1.807) is 31.2 Å². The van der Waals surface area contributed by atoms with Crippen molar-refractivity contribution in [3.05, 3.63) is 34.9 Å². The highest BCUT2D eigenvalue weighted by atomic mass is 35.5. The average molecular weight is 284 g/mol. The normalized spacial score (nSPS) is 13.1. The molecule has 0 radical (unpaired) electrons. The molecule has 104 valence electrons. The van der Waals surface area contributed by atoms with Crippen LogP contribution < -0.4 is 0 Å². The van der Waals surface area contributed by atoms with Gasteiger partial charge in [-0.25, -0.2) is 0 Å². The van der Waals surface area contributed by atoms with Gasteiger partial charge in [0.05, 0.1) is 18.2 Å². The third-order valence-electron chi connectivity index (χ3n) is 2.85. The number of benzene rings is 1. The van der Waals surface area contributed by atoms with Crippen LogP contribution in [0.4, 0.5) is 0 Å². The number of oxime groups is 1. The van der Waals surface area contributed by atoms with Gasteiger partial charge in [0.15, 0.2) is 0 Å². The van der Waals surface area contributed by atoms with Crippen LogP contribution in [0, 0.1) is 5.92 Å². The summed E-state index contributed by atoms with van der Waals surface area (Å²) in [6.07, 6.45) is 0.971.